The van der Waals surface area contributed by atoms with Gasteiger partial charge in [0.1, 0.15) is 0 Å². The molecular formula is C14H28. The van der Waals surface area contributed by atoms with Crippen LogP contribution in [0.15, 0.2) is 0 Å². The highest BCUT2D eigenvalue weighted by Crippen LogP contribution is 2.43. The lowest BCUT2D eigenvalue weighted by Gasteiger charge is -2.41. The van der Waals surface area contributed by atoms with Crippen molar-refractivity contribution in [3.8, 4) is 0 Å². The average molecular weight is 196 g/mol. The van der Waals surface area contributed by atoms with Crippen LogP contribution < -0.4 is 0 Å². The summed E-state index contributed by atoms with van der Waals surface area (Å²) in [6.07, 6.45) is 5.76. The molecular weight excluding hydrogens is 168 g/mol. The highest BCUT2D eigenvalue weighted by molar-refractivity contribution is 4.84. The molecule has 0 aromatic rings. The van der Waals surface area contributed by atoms with Gasteiger partial charge >= 0.3 is 0 Å². The summed E-state index contributed by atoms with van der Waals surface area (Å²) < 4.78 is 0. The van der Waals surface area contributed by atoms with Gasteiger partial charge in [-0.15, -0.1) is 0 Å². The van der Waals surface area contributed by atoms with Crippen LogP contribution in [0.5, 0.6) is 0 Å². The first kappa shape index (κ1) is 12.1. The van der Waals surface area contributed by atoms with Crippen molar-refractivity contribution >= 4 is 0 Å². The lowest BCUT2D eigenvalue weighted by atomic mass is 9.64. The van der Waals surface area contributed by atoms with Gasteiger partial charge in [-0.1, -0.05) is 47.5 Å². The Labute approximate surface area is 90.5 Å². The Morgan fingerprint density at radius 2 is 1.71 bits per heavy atom. The van der Waals surface area contributed by atoms with E-state index in [0.29, 0.717) is 0 Å². The predicted molar refractivity (Wildman–Crippen MR) is 64.3 cm³/mol. The van der Waals surface area contributed by atoms with Crippen LogP contribution in [0, 0.1) is 29.6 Å². The molecule has 0 N–H and O–H groups in total. The maximum atomic E-state index is 2.48. The second-order valence-electron chi connectivity index (χ2n) is 5.69. The van der Waals surface area contributed by atoms with Crippen LogP contribution in [0.1, 0.15) is 60.3 Å². The number of hydrogen-bond donors (Lipinski definition) is 0. The highest BCUT2D eigenvalue weighted by atomic mass is 14.4. The largest absolute Gasteiger partial charge is 0.0651 e. The molecule has 1 saturated carbocycles. The van der Waals surface area contributed by atoms with Crippen molar-refractivity contribution in [2.75, 3.05) is 0 Å². The van der Waals surface area contributed by atoms with E-state index in [9.17, 15) is 0 Å². The van der Waals surface area contributed by atoms with Crippen molar-refractivity contribution in [1.29, 1.82) is 0 Å². The normalized spacial score (nSPS) is 39.0. The summed E-state index contributed by atoms with van der Waals surface area (Å²) >= 11 is 0. The van der Waals surface area contributed by atoms with E-state index in [0.717, 1.165) is 29.6 Å². The van der Waals surface area contributed by atoms with E-state index in [-0.39, 0.29) is 0 Å². The average Bonchev–Trinajstić information content (AvgIpc) is 2.16. The Morgan fingerprint density at radius 3 is 2.14 bits per heavy atom. The van der Waals surface area contributed by atoms with Crippen LogP contribution in [0.4, 0.5) is 0 Å². The van der Waals surface area contributed by atoms with Gasteiger partial charge < -0.3 is 0 Å². The maximum Gasteiger partial charge on any atom is -0.0363 e. The first-order chi connectivity index (χ1) is 6.60. The van der Waals surface area contributed by atoms with Crippen LogP contribution in [-0.4, -0.2) is 0 Å². The molecule has 0 heteroatoms. The Balaban J connectivity index is 2.62. The SMILES string of the molecule is CCC1CC(C(C)C)CC(C)C1CC. The van der Waals surface area contributed by atoms with Crippen LogP contribution in [-0.2, 0) is 0 Å². The smallest absolute Gasteiger partial charge is 0.0363 e. The van der Waals surface area contributed by atoms with Crippen LogP contribution >= 0.6 is 0 Å². The molecule has 84 valence electrons. The molecule has 0 saturated heterocycles. The van der Waals surface area contributed by atoms with E-state index >= 15 is 0 Å². The van der Waals surface area contributed by atoms with Crippen molar-refractivity contribution in [3.63, 3.8) is 0 Å². The van der Waals surface area contributed by atoms with Crippen LogP contribution in [0.2, 0.25) is 0 Å². The third-order valence-electron chi connectivity index (χ3n) is 4.56. The fraction of sp³-hybridized carbons (Fsp3) is 1.00. The molecule has 1 aliphatic carbocycles. The van der Waals surface area contributed by atoms with E-state index in [2.05, 4.69) is 34.6 Å². The van der Waals surface area contributed by atoms with Crippen molar-refractivity contribution in [2.24, 2.45) is 29.6 Å². The van der Waals surface area contributed by atoms with Gasteiger partial charge in [0.15, 0.2) is 0 Å². The number of rotatable bonds is 3. The molecule has 4 unspecified atom stereocenters. The minimum atomic E-state index is 0.893. The van der Waals surface area contributed by atoms with Gasteiger partial charge in [0.05, 0.1) is 0 Å². The predicted octanol–water partition coefficient (Wildman–Crippen LogP) is 4.74. The molecule has 0 aromatic carbocycles. The Morgan fingerprint density at radius 1 is 1.07 bits per heavy atom. The Hall–Kier alpha value is 0. The monoisotopic (exact) mass is 196 g/mol. The Kier molecular flexibility index (Phi) is 4.47. The van der Waals surface area contributed by atoms with E-state index in [1.54, 1.807) is 0 Å². The van der Waals surface area contributed by atoms with Gasteiger partial charge in [0.25, 0.3) is 0 Å². The molecule has 0 nitrogen and oxygen atoms in total. The van der Waals surface area contributed by atoms with Crippen LogP contribution in [0.25, 0.3) is 0 Å². The summed E-state index contributed by atoms with van der Waals surface area (Å²) in [6, 6.07) is 0. The fourth-order valence-electron chi connectivity index (χ4n) is 3.53. The zero-order valence-electron chi connectivity index (χ0n) is 10.7. The fourth-order valence-corrected chi connectivity index (χ4v) is 3.53. The molecule has 0 heterocycles. The molecule has 0 amide bonds. The summed E-state index contributed by atoms with van der Waals surface area (Å²) in [5, 5.41) is 0. The summed E-state index contributed by atoms with van der Waals surface area (Å²) in [4.78, 5) is 0. The lowest BCUT2D eigenvalue weighted by Crippen LogP contribution is -2.32. The van der Waals surface area contributed by atoms with Crippen LogP contribution in [0.3, 0.4) is 0 Å². The van der Waals surface area contributed by atoms with Crippen molar-refractivity contribution < 1.29 is 0 Å². The van der Waals surface area contributed by atoms with Crippen molar-refractivity contribution in [2.45, 2.75) is 60.3 Å². The summed E-state index contributed by atoms with van der Waals surface area (Å²) in [6.45, 7) is 12.0. The molecule has 0 radical (unpaired) electrons. The summed E-state index contributed by atoms with van der Waals surface area (Å²) in [5.74, 6) is 4.87. The molecule has 0 aromatic heterocycles. The second kappa shape index (κ2) is 5.19. The van der Waals surface area contributed by atoms with E-state index in [1.165, 1.54) is 25.7 Å². The third kappa shape index (κ3) is 2.52. The van der Waals surface area contributed by atoms with Gasteiger partial charge in [-0.05, 0) is 42.4 Å². The lowest BCUT2D eigenvalue weighted by molar-refractivity contribution is 0.0861. The quantitative estimate of drug-likeness (QED) is 0.611. The van der Waals surface area contributed by atoms with Gasteiger partial charge in [0.2, 0.25) is 0 Å². The van der Waals surface area contributed by atoms with Gasteiger partial charge in [-0.2, -0.15) is 0 Å². The zero-order chi connectivity index (χ0) is 10.7. The molecule has 0 aliphatic heterocycles. The topological polar surface area (TPSA) is 0 Å². The standard InChI is InChI=1S/C14H28/c1-6-12-9-13(10(3)4)8-11(5)14(12)7-2/h10-14H,6-9H2,1-5H3. The number of hydrogen-bond acceptors (Lipinski definition) is 0. The van der Waals surface area contributed by atoms with E-state index in [4.69, 9.17) is 0 Å². The molecule has 0 spiro atoms. The Bertz CT molecular complexity index is 159. The van der Waals surface area contributed by atoms with E-state index < -0.39 is 0 Å². The maximum absolute atomic E-state index is 2.48. The molecule has 0 bridgehead atoms. The van der Waals surface area contributed by atoms with Gasteiger partial charge in [0, 0.05) is 0 Å². The molecule has 1 fully saturated rings. The zero-order valence-corrected chi connectivity index (χ0v) is 10.7. The highest BCUT2D eigenvalue weighted by Gasteiger charge is 2.34. The molecule has 4 atom stereocenters. The molecule has 1 rings (SSSR count). The molecule has 14 heavy (non-hydrogen) atoms. The van der Waals surface area contributed by atoms with E-state index in [1.807, 2.05) is 0 Å². The van der Waals surface area contributed by atoms with Gasteiger partial charge in [-0.25, -0.2) is 0 Å². The molecule has 1 aliphatic rings. The van der Waals surface area contributed by atoms with Crippen molar-refractivity contribution in [3.05, 3.63) is 0 Å². The van der Waals surface area contributed by atoms with Gasteiger partial charge in [-0.3, -0.25) is 0 Å². The first-order valence-corrected chi connectivity index (χ1v) is 6.60. The minimum Gasteiger partial charge on any atom is -0.0651 e. The summed E-state index contributed by atoms with van der Waals surface area (Å²) in [5.41, 5.74) is 0. The minimum absolute atomic E-state index is 0.893. The third-order valence-corrected chi connectivity index (χ3v) is 4.56. The first-order valence-electron chi connectivity index (χ1n) is 6.60. The second-order valence-corrected chi connectivity index (χ2v) is 5.69. The van der Waals surface area contributed by atoms with Crippen molar-refractivity contribution in [1.82, 2.24) is 0 Å². The summed E-state index contributed by atoms with van der Waals surface area (Å²) in [7, 11) is 0.